The number of ether oxygens (including phenoxy) is 4. The van der Waals surface area contributed by atoms with E-state index in [1.54, 1.807) is 20.1 Å². The second kappa shape index (κ2) is 12.0. The average Bonchev–Trinajstić information content (AvgIpc) is 2.76. The van der Waals surface area contributed by atoms with Crippen LogP contribution in [0.25, 0.3) is 10.8 Å². The molecule has 0 bridgehead atoms. The van der Waals surface area contributed by atoms with Crippen LogP contribution in [0.15, 0.2) is 36.4 Å². The largest absolute Gasteiger partial charge is 0.510 e. The lowest BCUT2D eigenvalue weighted by atomic mass is 9.98. The Kier molecular flexibility index (Phi) is 9.42. The fourth-order valence-electron chi connectivity index (χ4n) is 2.84. The summed E-state index contributed by atoms with van der Waals surface area (Å²) in [5, 5.41) is 10.8. The quantitative estimate of drug-likeness (QED) is 0.183. The van der Waals surface area contributed by atoms with Crippen molar-refractivity contribution in [3.8, 4) is 5.75 Å². The monoisotopic (exact) mass is 499 g/mol. The van der Waals surface area contributed by atoms with Crippen molar-refractivity contribution in [3.05, 3.63) is 52.1 Å². The van der Waals surface area contributed by atoms with Gasteiger partial charge in [0.05, 0.1) is 24.5 Å². The van der Waals surface area contributed by atoms with Crippen molar-refractivity contribution < 1.29 is 46.9 Å². The molecule has 2 atom stereocenters. The predicted molar refractivity (Wildman–Crippen MR) is 119 cm³/mol. The summed E-state index contributed by atoms with van der Waals surface area (Å²) in [6.07, 6.45) is -2.83. The van der Waals surface area contributed by atoms with Crippen LogP contribution in [0.1, 0.15) is 25.3 Å². The lowest BCUT2D eigenvalue weighted by molar-refractivity contribution is -0.777. The van der Waals surface area contributed by atoms with Crippen molar-refractivity contribution >= 4 is 32.7 Å². The summed E-state index contributed by atoms with van der Waals surface area (Å²) in [7, 11) is -2.13. The van der Waals surface area contributed by atoms with E-state index in [2.05, 4.69) is 14.3 Å². The maximum absolute atomic E-state index is 12.4. The molecule has 0 saturated heterocycles. The lowest BCUT2D eigenvalue weighted by Gasteiger charge is -2.13. The van der Waals surface area contributed by atoms with Gasteiger partial charge in [-0.05, 0) is 42.3 Å². The highest BCUT2D eigenvalue weighted by molar-refractivity contribution is 7.91. The molecule has 13 heteroatoms. The lowest BCUT2D eigenvalue weighted by Crippen LogP contribution is -2.25. The van der Waals surface area contributed by atoms with E-state index in [0.717, 1.165) is 23.4 Å². The molecule has 0 N–H and O–H groups in total. The molecule has 0 aliphatic rings. The smallest absolute Gasteiger partial charge is 0.497 e. The van der Waals surface area contributed by atoms with Crippen LogP contribution < -0.4 is 4.74 Å². The van der Waals surface area contributed by atoms with Gasteiger partial charge in [0.1, 0.15) is 19.0 Å². The average molecular weight is 499 g/mol. The first kappa shape index (κ1) is 26.6. The summed E-state index contributed by atoms with van der Waals surface area (Å²) in [5.74, 6) is -1.50. The fraction of sp³-hybridized carbons (Fsp3) is 0.429. The van der Waals surface area contributed by atoms with Gasteiger partial charge in [-0.3, -0.25) is 9.63 Å². The van der Waals surface area contributed by atoms with Gasteiger partial charge in [0.2, 0.25) is 6.29 Å². The van der Waals surface area contributed by atoms with Crippen molar-refractivity contribution in [2.24, 2.45) is 0 Å². The molecule has 1 unspecified atom stereocenters. The Morgan fingerprint density at radius 2 is 1.62 bits per heavy atom. The number of nitrogens with zero attached hydrogens (tertiary/aromatic N) is 1. The van der Waals surface area contributed by atoms with Crippen LogP contribution in [-0.2, 0) is 33.7 Å². The molecule has 0 radical (unpaired) electrons. The van der Waals surface area contributed by atoms with Gasteiger partial charge in [-0.1, -0.05) is 24.3 Å². The molecule has 0 spiro atoms. The predicted octanol–water partition coefficient (Wildman–Crippen LogP) is 2.62. The first-order chi connectivity index (χ1) is 16.0. The van der Waals surface area contributed by atoms with Crippen LogP contribution >= 0.6 is 0 Å². The third-order valence-electron chi connectivity index (χ3n) is 4.67. The molecule has 186 valence electrons. The Hall–Kier alpha value is -3.61. The van der Waals surface area contributed by atoms with Crippen LogP contribution in [0.2, 0.25) is 0 Å². The van der Waals surface area contributed by atoms with E-state index in [4.69, 9.17) is 9.47 Å². The van der Waals surface area contributed by atoms with Gasteiger partial charge >= 0.3 is 12.1 Å². The molecule has 0 heterocycles. The molecule has 0 saturated carbocycles. The number of hydrogen-bond acceptors (Lipinski definition) is 11. The molecule has 0 aliphatic heterocycles. The number of rotatable bonds is 12. The van der Waals surface area contributed by atoms with E-state index in [1.165, 1.54) is 0 Å². The summed E-state index contributed by atoms with van der Waals surface area (Å²) in [5.41, 5.74) is 0.715. The zero-order chi connectivity index (χ0) is 25.3. The van der Waals surface area contributed by atoms with Crippen molar-refractivity contribution in [1.82, 2.24) is 0 Å². The van der Waals surface area contributed by atoms with Crippen LogP contribution in [0.4, 0.5) is 4.79 Å². The minimum atomic E-state index is -3.71. The topological polar surface area (TPSA) is 158 Å². The van der Waals surface area contributed by atoms with Crippen molar-refractivity contribution in [1.29, 1.82) is 0 Å². The first-order valence-corrected chi connectivity index (χ1v) is 11.9. The van der Waals surface area contributed by atoms with Crippen LogP contribution in [0, 0.1) is 10.1 Å². The molecule has 34 heavy (non-hydrogen) atoms. The van der Waals surface area contributed by atoms with Gasteiger partial charge in [0, 0.05) is 0 Å². The van der Waals surface area contributed by atoms with E-state index in [1.807, 2.05) is 30.3 Å². The Morgan fingerprint density at radius 1 is 1.00 bits per heavy atom. The summed E-state index contributed by atoms with van der Waals surface area (Å²) < 4.78 is 43.3. The van der Waals surface area contributed by atoms with Crippen molar-refractivity contribution in [2.45, 2.75) is 26.1 Å². The molecule has 2 rings (SSSR count). The van der Waals surface area contributed by atoms with Crippen molar-refractivity contribution in [2.75, 3.05) is 31.8 Å². The van der Waals surface area contributed by atoms with Crippen LogP contribution in [0.3, 0.4) is 0 Å². The Labute approximate surface area is 195 Å². The summed E-state index contributed by atoms with van der Waals surface area (Å²) in [6.45, 7) is 1.84. The summed E-state index contributed by atoms with van der Waals surface area (Å²) in [6, 6.07) is 11.1. The molecule has 0 aromatic heterocycles. The molecule has 12 nitrogen and oxygen atoms in total. The Balaban J connectivity index is 1.78. The molecule has 0 fully saturated rings. The van der Waals surface area contributed by atoms with E-state index in [-0.39, 0.29) is 6.61 Å². The minimum Gasteiger partial charge on any atom is -0.497 e. The highest BCUT2D eigenvalue weighted by Crippen LogP contribution is 2.25. The number of carbonyl (C=O) groups excluding carboxylic acids is 2. The summed E-state index contributed by atoms with van der Waals surface area (Å²) >= 11 is 0. The number of hydrogen-bond donors (Lipinski definition) is 0. The number of sulfone groups is 1. The van der Waals surface area contributed by atoms with E-state index in [9.17, 15) is 28.1 Å². The maximum Gasteiger partial charge on any atom is 0.510 e. The standard InChI is InChI=1S/C21H25NO11S/c1-14(16-4-5-18-13-19(29-3)7-6-17(18)12-16)20(23)30-8-10-34(27,28)11-9-31-21(24)32-15(2)33-22(25)26/h4-7,12-15H,8-11H2,1-3H3/t14-,15?/m0/s1. The number of esters is 1. The molecule has 0 aliphatic carbocycles. The number of carbonyl (C=O) groups is 2. The Morgan fingerprint density at radius 3 is 2.26 bits per heavy atom. The first-order valence-electron chi connectivity index (χ1n) is 10.1. The summed E-state index contributed by atoms with van der Waals surface area (Å²) in [4.78, 5) is 37.8. The third kappa shape index (κ3) is 8.39. The second-order valence-electron chi connectivity index (χ2n) is 7.13. The molecule has 2 aromatic carbocycles. The van der Waals surface area contributed by atoms with Gasteiger partial charge in [-0.25, -0.2) is 13.2 Å². The normalized spacial score (nSPS) is 12.9. The molecular weight excluding hydrogens is 474 g/mol. The van der Waals surface area contributed by atoms with Gasteiger partial charge in [0.15, 0.2) is 9.84 Å². The van der Waals surface area contributed by atoms with E-state index < -0.39 is 57.4 Å². The highest BCUT2D eigenvalue weighted by atomic mass is 32.2. The second-order valence-corrected chi connectivity index (χ2v) is 9.43. The molecule has 0 amide bonds. The number of methoxy groups -OCH3 is 1. The highest BCUT2D eigenvalue weighted by Gasteiger charge is 2.20. The minimum absolute atomic E-state index is 0.367. The van der Waals surface area contributed by atoms with Gasteiger partial charge < -0.3 is 18.9 Å². The zero-order valence-electron chi connectivity index (χ0n) is 18.8. The third-order valence-corrected chi connectivity index (χ3v) is 6.25. The van der Waals surface area contributed by atoms with E-state index >= 15 is 0 Å². The Bertz CT molecular complexity index is 1130. The van der Waals surface area contributed by atoms with Gasteiger partial charge in [0.25, 0.3) is 5.09 Å². The SMILES string of the molecule is COc1ccc2cc([C@H](C)C(=O)OCCS(=O)(=O)CCOC(=O)OC(C)O[N+](=O)[O-])ccc2c1. The van der Waals surface area contributed by atoms with E-state index in [0.29, 0.717) is 5.56 Å². The van der Waals surface area contributed by atoms with Crippen LogP contribution in [-0.4, -0.2) is 63.7 Å². The van der Waals surface area contributed by atoms with Crippen molar-refractivity contribution in [3.63, 3.8) is 0 Å². The van der Waals surface area contributed by atoms with Gasteiger partial charge in [-0.2, -0.15) is 0 Å². The fourth-order valence-corrected chi connectivity index (χ4v) is 3.71. The molecule has 2 aromatic rings. The van der Waals surface area contributed by atoms with Gasteiger partial charge in [-0.15, -0.1) is 10.1 Å². The maximum atomic E-state index is 12.4. The number of benzene rings is 2. The molecular formula is C21H25NO11S. The number of fused-ring (bicyclic) bond motifs is 1. The zero-order valence-corrected chi connectivity index (χ0v) is 19.6. The van der Waals surface area contributed by atoms with Crippen LogP contribution in [0.5, 0.6) is 5.75 Å².